The normalized spacial score (nSPS) is 14.0. The highest BCUT2D eigenvalue weighted by Gasteiger charge is 2.22. The Morgan fingerprint density at radius 2 is 1.76 bits per heavy atom. The van der Waals surface area contributed by atoms with Crippen molar-refractivity contribution in [3.63, 3.8) is 0 Å². The molecule has 0 aliphatic carbocycles. The van der Waals surface area contributed by atoms with E-state index in [4.69, 9.17) is 0 Å². The molecule has 0 radical (unpaired) electrons. The first kappa shape index (κ1) is 19.0. The van der Waals surface area contributed by atoms with Crippen molar-refractivity contribution in [2.45, 2.75) is 6.92 Å². The fourth-order valence-electron chi connectivity index (χ4n) is 3.13. The molecule has 29 heavy (non-hydrogen) atoms. The second-order valence-electron chi connectivity index (χ2n) is 6.62. The number of hydrogen-bond acceptors (Lipinski definition) is 7. The van der Waals surface area contributed by atoms with Gasteiger partial charge in [0.25, 0.3) is 11.8 Å². The van der Waals surface area contributed by atoms with Gasteiger partial charge in [-0.2, -0.15) is 0 Å². The van der Waals surface area contributed by atoms with Gasteiger partial charge in [0.2, 0.25) is 5.01 Å². The summed E-state index contributed by atoms with van der Waals surface area (Å²) in [4.78, 5) is 33.3. The van der Waals surface area contributed by atoms with E-state index >= 15 is 0 Å². The molecule has 0 unspecified atom stereocenters. The van der Waals surface area contributed by atoms with Crippen LogP contribution in [0.4, 0.5) is 11.5 Å². The molecule has 0 spiro atoms. The number of hydrogen-bond donors (Lipinski definition) is 1. The number of nitrogens with one attached hydrogen (secondary N) is 1. The monoisotopic (exact) mass is 408 g/mol. The number of anilines is 2. The van der Waals surface area contributed by atoms with E-state index in [2.05, 4.69) is 25.4 Å². The van der Waals surface area contributed by atoms with E-state index in [1.54, 1.807) is 37.4 Å². The van der Waals surface area contributed by atoms with Gasteiger partial charge in [0.1, 0.15) is 10.8 Å². The van der Waals surface area contributed by atoms with Gasteiger partial charge in [0.15, 0.2) is 0 Å². The molecule has 0 bridgehead atoms. The van der Waals surface area contributed by atoms with Crippen LogP contribution in [0.3, 0.4) is 0 Å². The third kappa shape index (κ3) is 4.40. The Morgan fingerprint density at radius 3 is 2.38 bits per heavy atom. The predicted molar refractivity (Wildman–Crippen MR) is 111 cm³/mol. The molecular weight excluding hydrogens is 388 g/mol. The smallest absolute Gasteiger partial charge is 0.286 e. The van der Waals surface area contributed by atoms with E-state index in [0.29, 0.717) is 29.3 Å². The molecule has 148 valence electrons. The molecule has 8 nitrogen and oxygen atoms in total. The first-order chi connectivity index (χ1) is 14.1. The topological polar surface area (TPSA) is 91.3 Å². The van der Waals surface area contributed by atoms with Gasteiger partial charge in [-0.05, 0) is 43.3 Å². The van der Waals surface area contributed by atoms with E-state index in [0.717, 1.165) is 23.9 Å². The molecular formula is C20H20N6O2S. The molecule has 2 amide bonds. The van der Waals surface area contributed by atoms with Crippen molar-refractivity contribution in [1.29, 1.82) is 0 Å². The van der Waals surface area contributed by atoms with Crippen molar-refractivity contribution in [2.24, 2.45) is 0 Å². The highest BCUT2D eigenvalue weighted by Crippen LogP contribution is 2.17. The van der Waals surface area contributed by atoms with Gasteiger partial charge in [0.05, 0.1) is 0 Å². The standard InChI is InChI=1S/C20H20N6O2S/c1-14-23-24-19(29-14)18(27)22-16-7-5-15(6-8-16)20(28)26-12-10-25(11-13-26)17-4-2-3-9-21-17/h2-9H,10-13H2,1H3,(H,22,27). The maximum atomic E-state index is 12.8. The third-order valence-electron chi connectivity index (χ3n) is 4.65. The summed E-state index contributed by atoms with van der Waals surface area (Å²) in [7, 11) is 0. The number of rotatable bonds is 4. The molecule has 3 heterocycles. The minimum absolute atomic E-state index is 0.0108. The average Bonchev–Trinajstić information content (AvgIpc) is 3.21. The molecule has 0 atom stereocenters. The highest BCUT2D eigenvalue weighted by molar-refractivity contribution is 7.13. The number of amides is 2. The lowest BCUT2D eigenvalue weighted by atomic mass is 10.1. The molecule has 3 aromatic rings. The van der Waals surface area contributed by atoms with Gasteiger partial charge in [0, 0.05) is 43.6 Å². The fraction of sp³-hybridized carbons (Fsp3) is 0.250. The minimum atomic E-state index is -0.305. The van der Waals surface area contributed by atoms with Crippen LogP contribution in [0.25, 0.3) is 0 Å². The molecule has 1 N–H and O–H groups in total. The predicted octanol–water partition coefficient (Wildman–Crippen LogP) is 2.46. The van der Waals surface area contributed by atoms with Crippen LogP contribution in [0.1, 0.15) is 25.2 Å². The summed E-state index contributed by atoms with van der Waals surface area (Å²) >= 11 is 1.24. The Morgan fingerprint density at radius 1 is 1.00 bits per heavy atom. The quantitative estimate of drug-likeness (QED) is 0.713. The maximum Gasteiger partial charge on any atom is 0.286 e. The van der Waals surface area contributed by atoms with Crippen LogP contribution in [0, 0.1) is 6.92 Å². The first-order valence-electron chi connectivity index (χ1n) is 9.27. The number of piperazine rings is 1. The number of pyridine rings is 1. The summed E-state index contributed by atoms with van der Waals surface area (Å²) in [5, 5.41) is 11.5. The van der Waals surface area contributed by atoms with Crippen molar-refractivity contribution in [3.05, 3.63) is 64.2 Å². The zero-order valence-corrected chi connectivity index (χ0v) is 16.7. The Hall–Kier alpha value is -3.33. The minimum Gasteiger partial charge on any atom is -0.353 e. The molecule has 1 saturated heterocycles. The zero-order valence-electron chi connectivity index (χ0n) is 15.9. The second kappa shape index (κ2) is 8.36. The summed E-state index contributed by atoms with van der Waals surface area (Å²) in [5.41, 5.74) is 1.21. The maximum absolute atomic E-state index is 12.8. The van der Waals surface area contributed by atoms with Gasteiger partial charge >= 0.3 is 0 Å². The Labute approximate surface area is 172 Å². The largest absolute Gasteiger partial charge is 0.353 e. The number of carbonyl (C=O) groups excluding carboxylic acids is 2. The van der Waals surface area contributed by atoms with Gasteiger partial charge in [-0.1, -0.05) is 17.4 Å². The highest BCUT2D eigenvalue weighted by atomic mass is 32.1. The van der Waals surface area contributed by atoms with Crippen molar-refractivity contribution in [1.82, 2.24) is 20.1 Å². The van der Waals surface area contributed by atoms with Crippen molar-refractivity contribution in [3.8, 4) is 0 Å². The lowest BCUT2D eigenvalue weighted by Crippen LogP contribution is -2.49. The Bertz CT molecular complexity index is 997. The summed E-state index contributed by atoms with van der Waals surface area (Å²) in [6, 6.07) is 12.7. The molecule has 9 heteroatoms. The van der Waals surface area contributed by atoms with Crippen LogP contribution in [0.15, 0.2) is 48.7 Å². The lowest BCUT2D eigenvalue weighted by molar-refractivity contribution is 0.0746. The summed E-state index contributed by atoms with van der Waals surface area (Å²) in [5.74, 6) is 0.619. The number of carbonyl (C=O) groups is 2. The van der Waals surface area contributed by atoms with E-state index in [-0.39, 0.29) is 11.8 Å². The average molecular weight is 408 g/mol. The molecule has 1 fully saturated rings. The zero-order chi connectivity index (χ0) is 20.2. The number of aromatic nitrogens is 3. The van der Waals surface area contributed by atoms with Crippen molar-refractivity contribution >= 4 is 34.7 Å². The summed E-state index contributed by atoms with van der Waals surface area (Å²) in [6.07, 6.45) is 1.78. The van der Waals surface area contributed by atoms with E-state index in [9.17, 15) is 9.59 Å². The van der Waals surface area contributed by atoms with Crippen LogP contribution in [0.2, 0.25) is 0 Å². The summed E-state index contributed by atoms with van der Waals surface area (Å²) < 4.78 is 0. The van der Waals surface area contributed by atoms with Gasteiger partial charge in [-0.3, -0.25) is 9.59 Å². The van der Waals surface area contributed by atoms with Crippen LogP contribution in [-0.4, -0.2) is 58.1 Å². The molecule has 1 aliphatic heterocycles. The molecule has 4 rings (SSSR count). The van der Waals surface area contributed by atoms with Gasteiger partial charge in [-0.25, -0.2) is 4.98 Å². The second-order valence-corrected chi connectivity index (χ2v) is 7.81. The van der Waals surface area contributed by atoms with Crippen LogP contribution >= 0.6 is 11.3 Å². The van der Waals surface area contributed by atoms with E-state index < -0.39 is 0 Å². The van der Waals surface area contributed by atoms with Crippen LogP contribution in [-0.2, 0) is 0 Å². The Kier molecular flexibility index (Phi) is 5.48. The van der Waals surface area contributed by atoms with E-state index in [1.165, 1.54) is 11.3 Å². The molecule has 1 aromatic carbocycles. The van der Waals surface area contributed by atoms with Gasteiger partial charge < -0.3 is 15.1 Å². The molecule has 2 aromatic heterocycles. The molecule has 0 saturated carbocycles. The number of aryl methyl sites for hydroxylation is 1. The van der Waals surface area contributed by atoms with Crippen molar-refractivity contribution in [2.75, 3.05) is 36.4 Å². The lowest BCUT2D eigenvalue weighted by Gasteiger charge is -2.35. The first-order valence-corrected chi connectivity index (χ1v) is 10.1. The van der Waals surface area contributed by atoms with Crippen LogP contribution in [0.5, 0.6) is 0 Å². The summed E-state index contributed by atoms with van der Waals surface area (Å²) in [6.45, 7) is 4.58. The Balaban J connectivity index is 1.34. The SMILES string of the molecule is Cc1nnc(C(=O)Nc2ccc(C(=O)N3CCN(c4ccccn4)CC3)cc2)s1. The molecule has 1 aliphatic rings. The fourth-order valence-corrected chi connectivity index (χ4v) is 3.72. The van der Waals surface area contributed by atoms with Gasteiger partial charge in [-0.15, -0.1) is 10.2 Å². The van der Waals surface area contributed by atoms with Crippen molar-refractivity contribution < 1.29 is 9.59 Å². The number of benzene rings is 1. The van der Waals surface area contributed by atoms with Crippen LogP contribution < -0.4 is 10.2 Å². The third-order valence-corrected chi connectivity index (χ3v) is 5.49. The number of nitrogens with zero attached hydrogens (tertiary/aromatic N) is 5. The van der Waals surface area contributed by atoms with E-state index in [1.807, 2.05) is 23.1 Å².